The summed E-state index contributed by atoms with van der Waals surface area (Å²) in [5.41, 5.74) is 4.92. The molecule has 0 aromatic heterocycles. The van der Waals surface area contributed by atoms with Crippen LogP contribution in [0.4, 0.5) is 5.69 Å². The third kappa shape index (κ3) is 7.30. The maximum absolute atomic E-state index is 14.1. The van der Waals surface area contributed by atoms with Crippen molar-refractivity contribution < 1.29 is 18.0 Å². The lowest BCUT2D eigenvalue weighted by Crippen LogP contribution is -2.52. The Hall–Kier alpha value is -3.65. The van der Waals surface area contributed by atoms with Gasteiger partial charge in [0, 0.05) is 12.6 Å². The van der Waals surface area contributed by atoms with E-state index in [9.17, 15) is 18.0 Å². The molecule has 1 N–H and O–H groups in total. The monoisotopic (exact) mass is 563 g/mol. The van der Waals surface area contributed by atoms with Crippen LogP contribution in [0.5, 0.6) is 0 Å². The average Bonchev–Trinajstić information content (AvgIpc) is 2.91. The quantitative estimate of drug-likeness (QED) is 0.336. The highest BCUT2D eigenvalue weighted by Crippen LogP contribution is 2.29. The van der Waals surface area contributed by atoms with E-state index in [0.717, 1.165) is 34.2 Å². The summed E-state index contributed by atoms with van der Waals surface area (Å²) in [5, 5.41) is 2.96. The maximum Gasteiger partial charge on any atom is 0.264 e. The number of nitrogens with one attached hydrogen (secondary N) is 1. The van der Waals surface area contributed by atoms with E-state index in [1.54, 1.807) is 43.3 Å². The first kappa shape index (κ1) is 30.9. The number of nitrogens with zero attached hydrogens (tertiary/aromatic N) is 2. The van der Waals surface area contributed by atoms with Gasteiger partial charge in [-0.1, -0.05) is 66.6 Å². The van der Waals surface area contributed by atoms with E-state index in [1.807, 2.05) is 71.9 Å². The summed E-state index contributed by atoms with van der Waals surface area (Å²) < 4.78 is 29.2. The second-order valence-electron chi connectivity index (χ2n) is 10.5. The molecule has 2 atom stereocenters. The smallest absolute Gasteiger partial charge is 0.264 e. The Kier molecular flexibility index (Phi) is 10.1. The molecule has 0 radical (unpaired) electrons. The van der Waals surface area contributed by atoms with E-state index in [4.69, 9.17) is 0 Å². The van der Waals surface area contributed by atoms with Crippen molar-refractivity contribution in [3.63, 3.8) is 0 Å². The summed E-state index contributed by atoms with van der Waals surface area (Å²) in [7, 11) is -4.10. The highest BCUT2D eigenvalue weighted by Gasteiger charge is 2.33. The lowest BCUT2D eigenvalue weighted by molar-refractivity contribution is -0.139. The van der Waals surface area contributed by atoms with Gasteiger partial charge in [0.1, 0.15) is 12.6 Å². The van der Waals surface area contributed by atoms with E-state index < -0.39 is 28.5 Å². The normalized spacial score (nSPS) is 12.9. The largest absolute Gasteiger partial charge is 0.352 e. The van der Waals surface area contributed by atoms with Crippen molar-refractivity contribution in [1.29, 1.82) is 0 Å². The van der Waals surface area contributed by atoms with Crippen LogP contribution in [-0.2, 0) is 26.2 Å². The van der Waals surface area contributed by atoms with Gasteiger partial charge in [-0.05, 0) is 82.9 Å². The molecule has 0 bridgehead atoms. The van der Waals surface area contributed by atoms with Gasteiger partial charge < -0.3 is 10.2 Å². The molecular weight excluding hydrogens is 522 g/mol. The molecule has 8 heteroatoms. The second kappa shape index (κ2) is 13.1. The topological polar surface area (TPSA) is 86.8 Å². The average molecular weight is 564 g/mol. The van der Waals surface area contributed by atoms with Crippen LogP contribution < -0.4 is 9.62 Å². The Morgan fingerprint density at radius 3 is 2.15 bits per heavy atom. The van der Waals surface area contributed by atoms with E-state index in [1.165, 1.54) is 9.21 Å². The first-order chi connectivity index (χ1) is 18.8. The fraction of sp³-hybridized carbons (Fsp3) is 0.375. The van der Waals surface area contributed by atoms with Crippen LogP contribution in [0.3, 0.4) is 0 Å². The molecule has 0 aliphatic rings. The van der Waals surface area contributed by atoms with Crippen molar-refractivity contribution in [2.45, 2.75) is 78.4 Å². The molecule has 0 spiro atoms. The highest BCUT2D eigenvalue weighted by molar-refractivity contribution is 7.92. The molecule has 3 aromatic carbocycles. The van der Waals surface area contributed by atoms with Crippen molar-refractivity contribution in [3.8, 4) is 0 Å². The predicted molar refractivity (Wildman–Crippen MR) is 161 cm³/mol. The highest BCUT2D eigenvalue weighted by atomic mass is 32.2. The van der Waals surface area contributed by atoms with E-state index in [-0.39, 0.29) is 23.4 Å². The molecule has 0 aliphatic heterocycles. The van der Waals surface area contributed by atoms with Gasteiger partial charge in [0.2, 0.25) is 11.8 Å². The summed E-state index contributed by atoms with van der Waals surface area (Å²) in [5.74, 6) is -0.750. The van der Waals surface area contributed by atoms with Gasteiger partial charge in [-0.25, -0.2) is 8.42 Å². The number of aryl methyl sites for hydroxylation is 3. The van der Waals surface area contributed by atoms with Crippen LogP contribution in [0.2, 0.25) is 0 Å². The molecule has 0 fully saturated rings. The molecule has 0 saturated heterocycles. The number of rotatable bonds is 11. The second-order valence-corrected chi connectivity index (χ2v) is 12.4. The molecule has 0 heterocycles. The van der Waals surface area contributed by atoms with E-state index in [2.05, 4.69) is 5.32 Å². The minimum atomic E-state index is -4.10. The molecule has 0 saturated carbocycles. The Morgan fingerprint density at radius 2 is 1.52 bits per heavy atom. The van der Waals surface area contributed by atoms with Crippen molar-refractivity contribution in [3.05, 3.63) is 94.5 Å². The first-order valence-corrected chi connectivity index (χ1v) is 15.1. The van der Waals surface area contributed by atoms with Gasteiger partial charge in [-0.2, -0.15) is 0 Å². The van der Waals surface area contributed by atoms with Gasteiger partial charge in [0.25, 0.3) is 10.0 Å². The lowest BCUT2D eigenvalue weighted by atomic mass is 10.1. The zero-order chi connectivity index (χ0) is 29.6. The maximum atomic E-state index is 14.1. The Bertz CT molecular complexity index is 1450. The third-order valence-electron chi connectivity index (χ3n) is 7.34. The summed E-state index contributed by atoms with van der Waals surface area (Å²) in [6.45, 7) is 12.9. The van der Waals surface area contributed by atoms with Crippen LogP contribution in [0.15, 0.2) is 71.6 Å². The van der Waals surface area contributed by atoms with Gasteiger partial charge >= 0.3 is 0 Å². The molecule has 214 valence electrons. The summed E-state index contributed by atoms with van der Waals surface area (Å²) in [6.07, 6.45) is 0.749. The van der Waals surface area contributed by atoms with Crippen molar-refractivity contribution in [2.75, 3.05) is 10.8 Å². The van der Waals surface area contributed by atoms with Crippen molar-refractivity contribution in [1.82, 2.24) is 10.2 Å². The Balaban J connectivity index is 2.07. The van der Waals surface area contributed by atoms with Crippen LogP contribution in [0.1, 0.15) is 55.0 Å². The summed E-state index contributed by atoms with van der Waals surface area (Å²) in [4.78, 5) is 28.8. The zero-order valence-corrected chi connectivity index (χ0v) is 25.4. The SMILES string of the molecule is CCC(C)NC(=O)C(C)N(Cc1cccc(C)c1)C(=O)CN(c1cccc(C)c1C)S(=O)(=O)c1ccc(C)cc1. The molecule has 2 unspecified atom stereocenters. The van der Waals surface area contributed by atoms with Gasteiger partial charge in [0.15, 0.2) is 0 Å². The number of anilines is 1. The molecule has 3 aromatic rings. The number of amides is 2. The first-order valence-electron chi connectivity index (χ1n) is 13.7. The van der Waals surface area contributed by atoms with Crippen LogP contribution in [-0.4, -0.2) is 43.8 Å². The van der Waals surface area contributed by atoms with Crippen molar-refractivity contribution in [2.24, 2.45) is 0 Å². The van der Waals surface area contributed by atoms with E-state index >= 15 is 0 Å². The van der Waals surface area contributed by atoms with E-state index in [0.29, 0.717) is 5.69 Å². The molecule has 7 nitrogen and oxygen atoms in total. The number of hydrogen-bond donors (Lipinski definition) is 1. The standard InChI is InChI=1S/C32H41N3O4S/c1-8-25(5)33-32(37)27(7)34(20-28-13-9-11-23(3)19-28)31(36)21-35(30-14-10-12-24(4)26(30)6)40(38,39)29-17-15-22(2)16-18-29/h9-19,25,27H,8,20-21H2,1-7H3,(H,33,37). The van der Waals surface area contributed by atoms with Gasteiger partial charge in [-0.3, -0.25) is 13.9 Å². The zero-order valence-electron chi connectivity index (χ0n) is 24.6. The fourth-order valence-corrected chi connectivity index (χ4v) is 5.88. The third-order valence-corrected chi connectivity index (χ3v) is 9.11. The minimum absolute atomic E-state index is 0.0563. The molecular formula is C32H41N3O4S. The minimum Gasteiger partial charge on any atom is -0.352 e. The number of carbonyl (C=O) groups is 2. The van der Waals surface area contributed by atoms with Gasteiger partial charge in [0.05, 0.1) is 10.6 Å². The van der Waals surface area contributed by atoms with Crippen LogP contribution >= 0.6 is 0 Å². The van der Waals surface area contributed by atoms with Crippen LogP contribution in [0.25, 0.3) is 0 Å². The van der Waals surface area contributed by atoms with Crippen LogP contribution in [0, 0.1) is 27.7 Å². The predicted octanol–water partition coefficient (Wildman–Crippen LogP) is 5.45. The van der Waals surface area contributed by atoms with Gasteiger partial charge in [-0.15, -0.1) is 0 Å². The number of carbonyl (C=O) groups excluding carboxylic acids is 2. The molecule has 2 amide bonds. The summed E-state index contributed by atoms with van der Waals surface area (Å²) in [6, 6.07) is 18.8. The molecule has 40 heavy (non-hydrogen) atoms. The fourth-order valence-electron chi connectivity index (χ4n) is 4.41. The van der Waals surface area contributed by atoms with Crippen molar-refractivity contribution >= 4 is 27.5 Å². The Morgan fingerprint density at radius 1 is 0.875 bits per heavy atom. The lowest BCUT2D eigenvalue weighted by Gasteiger charge is -2.33. The summed E-state index contributed by atoms with van der Waals surface area (Å²) >= 11 is 0. The number of benzene rings is 3. The number of hydrogen-bond acceptors (Lipinski definition) is 4. The molecule has 3 rings (SSSR count). The number of sulfonamides is 1. The Labute approximate surface area is 239 Å². The molecule has 0 aliphatic carbocycles.